The Morgan fingerprint density at radius 2 is 2.04 bits per heavy atom. The largest absolute Gasteiger partial charge is 0.320 e. The van der Waals surface area contributed by atoms with Crippen molar-refractivity contribution in [2.75, 3.05) is 10.6 Å². The van der Waals surface area contributed by atoms with Crippen molar-refractivity contribution in [2.24, 2.45) is 0 Å². The van der Waals surface area contributed by atoms with Gasteiger partial charge in [-0.1, -0.05) is 15.9 Å². The number of hydrogen-bond acceptors (Lipinski definition) is 6. The SMILES string of the molecule is Cc1cc(Br)ccc1NC(=O)c1csc(Nc2ncccn2)n1. The first-order valence-electron chi connectivity index (χ1n) is 6.69. The molecule has 23 heavy (non-hydrogen) atoms. The third-order valence-electron chi connectivity index (χ3n) is 2.96. The lowest BCUT2D eigenvalue weighted by Gasteiger charge is -2.07. The summed E-state index contributed by atoms with van der Waals surface area (Å²) < 4.78 is 0.969. The summed E-state index contributed by atoms with van der Waals surface area (Å²) in [6, 6.07) is 7.40. The Balaban J connectivity index is 1.71. The van der Waals surface area contributed by atoms with E-state index in [0.717, 1.165) is 15.7 Å². The van der Waals surface area contributed by atoms with E-state index in [-0.39, 0.29) is 5.91 Å². The molecule has 2 heterocycles. The molecular weight excluding hydrogens is 378 g/mol. The zero-order chi connectivity index (χ0) is 16.2. The number of nitrogens with zero attached hydrogens (tertiary/aromatic N) is 3. The number of nitrogens with one attached hydrogen (secondary N) is 2. The van der Waals surface area contributed by atoms with Crippen LogP contribution in [0.15, 0.2) is 46.5 Å². The van der Waals surface area contributed by atoms with Gasteiger partial charge in [-0.2, -0.15) is 0 Å². The molecule has 0 bridgehead atoms. The quantitative estimate of drug-likeness (QED) is 0.704. The van der Waals surface area contributed by atoms with Crippen LogP contribution in [0.25, 0.3) is 0 Å². The summed E-state index contributed by atoms with van der Waals surface area (Å²) in [6.45, 7) is 1.93. The number of thiazole rings is 1. The molecule has 3 rings (SSSR count). The fourth-order valence-corrected chi connectivity index (χ4v) is 3.01. The van der Waals surface area contributed by atoms with Gasteiger partial charge in [0.15, 0.2) is 5.13 Å². The lowest BCUT2D eigenvalue weighted by Crippen LogP contribution is -2.13. The molecule has 0 unspecified atom stereocenters. The van der Waals surface area contributed by atoms with Gasteiger partial charge >= 0.3 is 0 Å². The van der Waals surface area contributed by atoms with Crippen LogP contribution in [0, 0.1) is 6.92 Å². The number of benzene rings is 1. The third kappa shape index (κ3) is 3.91. The first kappa shape index (κ1) is 15.6. The highest BCUT2D eigenvalue weighted by molar-refractivity contribution is 9.10. The van der Waals surface area contributed by atoms with Crippen molar-refractivity contribution < 1.29 is 4.79 Å². The number of hydrogen-bond donors (Lipinski definition) is 2. The zero-order valence-corrected chi connectivity index (χ0v) is 14.5. The summed E-state index contributed by atoms with van der Waals surface area (Å²) in [5, 5.41) is 8.07. The number of anilines is 3. The van der Waals surface area contributed by atoms with Gasteiger partial charge in [0.05, 0.1) is 0 Å². The molecule has 0 fully saturated rings. The lowest BCUT2D eigenvalue weighted by atomic mass is 10.2. The molecule has 8 heteroatoms. The highest BCUT2D eigenvalue weighted by Crippen LogP contribution is 2.22. The maximum atomic E-state index is 12.3. The number of halogens is 1. The van der Waals surface area contributed by atoms with E-state index in [1.54, 1.807) is 23.8 Å². The monoisotopic (exact) mass is 389 g/mol. The maximum absolute atomic E-state index is 12.3. The van der Waals surface area contributed by atoms with Crippen LogP contribution >= 0.6 is 27.3 Å². The minimum atomic E-state index is -0.256. The molecule has 0 saturated heterocycles. The predicted octanol–water partition coefficient (Wildman–Crippen LogP) is 4.00. The van der Waals surface area contributed by atoms with E-state index >= 15 is 0 Å². The number of aromatic nitrogens is 3. The van der Waals surface area contributed by atoms with Gasteiger partial charge in [-0.25, -0.2) is 15.0 Å². The molecule has 2 N–H and O–H groups in total. The molecule has 1 aromatic carbocycles. The van der Waals surface area contributed by atoms with E-state index in [4.69, 9.17) is 0 Å². The average molecular weight is 390 g/mol. The third-order valence-corrected chi connectivity index (χ3v) is 4.21. The second-order valence-corrected chi connectivity index (χ2v) is 6.42. The highest BCUT2D eigenvalue weighted by Gasteiger charge is 2.12. The van der Waals surface area contributed by atoms with Crippen LogP contribution in [0.1, 0.15) is 16.1 Å². The van der Waals surface area contributed by atoms with Crippen LogP contribution in [-0.2, 0) is 0 Å². The number of carbonyl (C=O) groups excluding carboxylic acids is 1. The highest BCUT2D eigenvalue weighted by atomic mass is 79.9. The van der Waals surface area contributed by atoms with Crippen LogP contribution in [-0.4, -0.2) is 20.9 Å². The van der Waals surface area contributed by atoms with E-state index in [0.29, 0.717) is 16.8 Å². The Morgan fingerprint density at radius 1 is 1.26 bits per heavy atom. The van der Waals surface area contributed by atoms with Gasteiger partial charge in [0.2, 0.25) is 5.95 Å². The molecule has 0 radical (unpaired) electrons. The predicted molar refractivity (Wildman–Crippen MR) is 94.3 cm³/mol. The van der Waals surface area contributed by atoms with Gasteiger partial charge in [-0.15, -0.1) is 11.3 Å². The molecule has 0 atom stereocenters. The molecule has 0 aliphatic heterocycles. The first-order valence-corrected chi connectivity index (χ1v) is 8.36. The van der Waals surface area contributed by atoms with Gasteiger partial charge < -0.3 is 10.6 Å². The van der Waals surface area contributed by atoms with Crippen molar-refractivity contribution >= 4 is 49.9 Å². The fraction of sp³-hybridized carbons (Fsp3) is 0.0667. The van der Waals surface area contributed by atoms with E-state index in [1.165, 1.54) is 11.3 Å². The van der Waals surface area contributed by atoms with Crippen LogP contribution in [0.4, 0.5) is 16.8 Å². The van der Waals surface area contributed by atoms with Crippen LogP contribution in [0.2, 0.25) is 0 Å². The molecule has 0 saturated carbocycles. The second-order valence-electron chi connectivity index (χ2n) is 4.65. The van der Waals surface area contributed by atoms with Crippen molar-refractivity contribution in [1.29, 1.82) is 0 Å². The summed E-state index contributed by atoms with van der Waals surface area (Å²) in [5.74, 6) is 0.186. The Labute approximate surface area is 145 Å². The Bertz CT molecular complexity index is 837. The van der Waals surface area contributed by atoms with Crippen LogP contribution in [0.3, 0.4) is 0 Å². The van der Waals surface area contributed by atoms with Crippen molar-refractivity contribution in [2.45, 2.75) is 6.92 Å². The molecule has 3 aromatic rings. The molecule has 0 spiro atoms. The second kappa shape index (κ2) is 6.84. The molecule has 0 aliphatic rings. The standard InChI is InChI=1S/C15H12BrN5OS/c1-9-7-10(16)3-4-11(9)19-13(22)12-8-23-15(20-12)21-14-17-5-2-6-18-14/h2-8H,1H3,(H,19,22)(H,17,18,20,21). The van der Waals surface area contributed by atoms with E-state index in [2.05, 4.69) is 41.5 Å². The van der Waals surface area contributed by atoms with Crippen molar-refractivity contribution in [3.63, 3.8) is 0 Å². The lowest BCUT2D eigenvalue weighted by molar-refractivity contribution is 0.102. The molecule has 2 aromatic heterocycles. The normalized spacial score (nSPS) is 10.3. The van der Waals surface area contributed by atoms with Gasteiger partial charge in [0.25, 0.3) is 5.91 Å². The Kier molecular flexibility index (Phi) is 4.63. The average Bonchev–Trinajstić information content (AvgIpc) is 3.00. The van der Waals surface area contributed by atoms with E-state index in [1.807, 2.05) is 25.1 Å². The van der Waals surface area contributed by atoms with E-state index < -0.39 is 0 Å². The van der Waals surface area contributed by atoms with Gasteiger partial charge in [-0.05, 0) is 36.8 Å². The molecular formula is C15H12BrN5OS. The van der Waals surface area contributed by atoms with Gasteiger partial charge in [0.1, 0.15) is 5.69 Å². The topological polar surface area (TPSA) is 79.8 Å². The minimum absolute atomic E-state index is 0.256. The Morgan fingerprint density at radius 3 is 2.78 bits per heavy atom. The Hall–Kier alpha value is -2.32. The van der Waals surface area contributed by atoms with Gasteiger partial charge in [0, 0.05) is 27.9 Å². The summed E-state index contributed by atoms with van der Waals surface area (Å²) >= 11 is 4.72. The molecule has 0 aliphatic carbocycles. The van der Waals surface area contributed by atoms with Crippen LogP contribution < -0.4 is 10.6 Å². The molecule has 6 nitrogen and oxygen atoms in total. The molecule has 116 valence electrons. The van der Waals surface area contributed by atoms with Crippen molar-refractivity contribution in [1.82, 2.24) is 15.0 Å². The smallest absolute Gasteiger partial charge is 0.275 e. The fourth-order valence-electron chi connectivity index (χ4n) is 1.85. The van der Waals surface area contributed by atoms with Crippen LogP contribution in [0.5, 0.6) is 0 Å². The summed E-state index contributed by atoms with van der Waals surface area (Å²) in [4.78, 5) is 24.6. The molecule has 1 amide bonds. The maximum Gasteiger partial charge on any atom is 0.275 e. The zero-order valence-electron chi connectivity index (χ0n) is 12.1. The number of carbonyl (C=O) groups is 1. The number of rotatable bonds is 4. The van der Waals surface area contributed by atoms with Crippen molar-refractivity contribution in [3.8, 4) is 0 Å². The van der Waals surface area contributed by atoms with Crippen molar-refractivity contribution in [3.05, 3.63) is 57.8 Å². The number of amides is 1. The number of aryl methyl sites for hydroxylation is 1. The summed E-state index contributed by atoms with van der Waals surface area (Å²) in [6.07, 6.45) is 3.26. The first-order chi connectivity index (χ1) is 11.1. The summed E-state index contributed by atoms with van der Waals surface area (Å²) in [5.41, 5.74) is 2.07. The van der Waals surface area contributed by atoms with E-state index in [9.17, 15) is 4.79 Å². The van der Waals surface area contributed by atoms with Gasteiger partial charge in [-0.3, -0.25) is 4.79 Å². The summed E-state index contributed by atoms with van der Waals surface area (Å²) in [7, 11) is 0. The minimum Gasteiger partial charge on any atom is -0.320 e.